The molecule has 0 saturated carbocycles. The molecule has 0 saturated heterocycles. The van der Waals surface area contributed by atoms with Gasteiger partial charge in [0.1, 0.15) is 18.2 Å². The van der Waals surface area contributed by atoms with Crippen molar-refractivity contribution in [3.63, 3.8) is 0 Å². The fraction of sp³-hybridized carbons (Fsp3) is 0.500. The lowest BCUT2D eigenvalue weighted by Gasteiger charge is -2.22. The zero-order chi connectivity index (χ0) is 16.0. The minimum absolute atomic E-state index is 0.0798. The van der Waals surface area contributed by atoms with Crippen molar-refractivity contribution in [2.45, 2.75) is 39.7 Å². The van der Waals surface area contributed by atoms with Crippen molar-refractivity contribution in [3.8, 4) is 5.75 Å². The Morgan fingerprint density at radius 1 is 1.09 bits per heavy atom. The van der Waals surface area contributed by atoms with E-state index in [0.717, 1.165) is 18.1 Å². The van der Waals surface area contributed by atoms with Crippen LogP contribution in [0.15, 0.2) is 36.7 Å². The molecular weight excluding hydrogens is 276 g/mol. The molecule has 4 nitrogen and oxygen atoms in total. The molecular formula is C18H26N2O2. The second kappa shape index (κ2) is 7.45. The second-order valence-corrected chi connectivity index (χ2v) is 6.37. The molecule has 0 aliphatic heterocycles. The fourth-order valence-electron chi connectivity index (χ4n) is 2.33. The Labute approximate surface area is 133 Å². The molecule has 1 aromatic heterocycles. The number of nitrogens with zero attached hydrogens (tertiary/aromatic N) is 2. The van der Waals surface area contributed by atoms with Gasteiger partial charge in [0.15, 0.2) is 0 Å². The molecule has 2 rings (SSSR count). The van der Waals surface area contributed by atoms with E-state index in [0.29, 0.717) is 19.8 Å². The minimum Gasteiger partial charge on any atom is -0.491 e. The van der Waals surface area contributed by atoms with E-state index in [1.54, 1.807) is 0 Å². The molecule has 0 unspecified atom stereocenters. The molecule has 1 heterocycles. The van der Waals surface area contributed by atoms with Gasteiger partial charge in [-0.15, -0.1) is 0 Å². The second-order valence-electron chi connectivity index (χ2n) is 6.37. The van der Waals surface area contributed by atoms with Crippen molar-refractivity contribution in [2.75, 3.05) is 19.8 Å². The van der Waals surface area contributed by atoms with Crippen molar-refractivity contribution in [1.82, 2.24) is 9.55 Å². The Hall–Kier alpha value is -1.81. The maximum absolute atomic E-state index is 5.88. The number of benzene rings is 1. The predicted molar refractivity (Wildman–Crippen MR) is 88.4 cm³/mol. The van der Waals surface area contributed by atoms with Gasteiger partial charge in [0, 0.05) is 18.9 Å². The fourth-order valence-corrected chi connectivity index (χ4v) is 2.33. The van der Waals surface area contributed by atoms with Crippen LogP contribution in [0.5, 0.6) is 5.75 Å². The van der Waals surface area contributed by atoms with Gasteiger partial charge in [-0.25, -0.2) is 4.98 Å². The molecule has 0 N–H and O–H groups in total. The summed E-state index contributed by atoms with van der Waals surface area (Å²) in [4.78, 5) is 4.19. The summed E-state index contributed by atoms with van der Waals surface area (Å²) in [5.41, 5.74) is 1.31. The van der Waals surface area contributed by atoms with Crippen molar-refractivity contribution < 1.29 is 9.47 Å². The molecule has 120 valence electrons. The average molecular weight is 302 g/mol. The molecule has 0 aliphatic carbocycles. The van der Waals surface area contributed by atoms with Crippen LogP contribution in [0, 0.1) is 6.92 Å². The Kier molecular flexibility index (Phi) is 5.61. The number of hydrogen-bond acceptors (Lipinski definition) is 3. The van der Waals surface area contributed by atoms with Gasteiger partial charge < -0.3 is 14.0 Å². The van der Waals surface area contributed by atoms with E-state index in [1.165, 1.54) is 5.56 Å². The number of para-hydroxylation sites is 1. The van der Waals surface area contributed by atoms with E-state index in [1.807, 2.05) is 31.5 Å². The first-order chi connectivity index (χ1) is 10.5. The standard InChI is InChI=1S/C18H26N2O2/c1-15-19-9-10-20(15)11-12-21-13-14-22-17-8-6-5-7-16(17)18(2,3)4/h5-10H,11-14H2,1-4H3. The summed E-state index contributed by atoms with van der Waals surface area (Å²) < 4.78 is 13.6. The number of aromatic nitrogens is 2. The molecule has 0 bridgehead atoms. The quantitative estimate of drug-likeness (QED) is 0.733. The van der Waals surface area contributed by atoms with Crippen LogP contribution < -0.4 is 4.74 Å². The van der Waals surface area contributed by atoms with E-state index >= 15 is 0 Å². The van der Waals surface area contributed by atoms with Crippen LogP contribution in [0.3, 0.4) is 0 Å². The molecule has 0 radical (unpaired) electrons. The van der Waals surface area contributed by atoms with Crippen molar-refractivity contribution in [1.29, 1.82) is 0 Å². The third-order valence-electron chi connectivity index (χ3n) is 3.58. The Morgan fingerprint density at radius 3 is 2.55 bits per heavy atom. The van der Waals surface area contributed by atoms with Gasteiger partial charge in [0.25, 0.3) is 0 Å². The first kappa shape index (κ1) is 16.6. The van der Waals surface area contributed by atoms with Crippen molar-refractivity contribution in [3.05, 3.63) is 48.0 Å². The van der Waals surface area contributed by atoms with Crippen LogP contribution in [0.25, 0.3) is 0 Å². The first-order valence-electron chi connectivity index (χ1n) is 7.76. The third kappa shape index (κ3) is 4.60. The highest BCUT2D eigenvalue weighted by Gasteiger charge is 2.18. The van der Waals surface area contributed by atoms with Crippen molar-refractivity contribution >= 4 is 0 Å². The summed E-state index contributed by atoms with van der Waals surface area (Å²) >= 11 is 0. The number of hydrogen-bond donors (Lipinski definition) is 0. The maximum atomic E-state index is 5.88. The zero-order valence-electron chi connectivity index (χ0n) is 14.0. The highest BCUT2D eigenvalue weighted by molar-refractivity contribution is 5.38. The molecule has 4 heteroatoms. The summed E-state index contributed by atoms with van der Waals surface area (Å²) in [6, 6.07) is 8.21. The highest BCUT2D eigenvalue weighted by atomic mass is 16.5. The SMILES string of the molecule is Cc1nccn1CCOCCOc1ccccc1C(C)(C)C. The molecule has 1 aromatic carbocycles. The molecule has 0 aliphatic rings. The van der Waals surface area contributed by atoms with E-state index in [-0.39, 0.29) is 5.41 Å². The van der Waals surface area contributed by atoms with Crippen LogP contribution in [0.2, 0.25) is 0 Å². The molecule has 0 fully saturated rings. The van der Waals surface area contributed by atoms with Crippen LogP contribution in [0.4, 0.5) is 0 Å². The average Bonchev–Trinajstić information content (AvgIpc) is 2.87. The molecule has 2 aromatic rings. The van der Waals surface area contributed by atoms with E-state index < -0.39 is 0 Å². The van der Waals surface area contributed by atoms with Gasteiger partial charge in [-0.2, -0.15) is 0 Å². The highest BCUT2D eigenvalue weighted by Crippen LogP contribution is 2.30. The zero-order valence-corrected chi connectivity index (χ0v) is 14.0. The monoisotopic (exact) mass is 302 g/mol. The van der Waals surface area contributed by atoms with Crippen LogP contribution in [-0.2, 0) is 16.7 Å². The summed E-state index contributed by atoms with van der Waals surface area (Å²) in [5, 5.41) is 0. The number of ether oxygens (including phenoxy) is 2. The third-order valence-corrected chi connectivity index (χ3v) is 3.58. The summed E-state index contributed by atoms with van der Waals surface area (Å²) in [6.07, 6.45) is 3.77. The summed E-state index contributed by atoms with van der Waals surface area (Å²) in [5.74, 6) is 1.96. The van der Waals surface area contributed by atoms with Crippen LogP contribution in [0.1, 0.15) is 32.2 Å². The Balaban J connectivity index is 1.72. The van der Waals surface area contributed by atoms with Crippen LogP contribution >= 0.6 is 0 Å². The summed E-state index contributed by atoms with van der Waals surface area (Å²) in [6.45, 7) is 11.2. The van der Waals surface area contributed by atoms with Gasteiger partial charge in [-0.3, -0.25) is 0 Å². The van der Waals surface area contributed by atoms with Gasteiger partial charge >= 0.3 is 0 Å². The normalized spacial score (nSPS) is 11.6. The molecule has 0 spiro atoms. The smallest absolute Gasteiger partial charge is 0.123 e. The van der Waals surface area contributed by atoms with E-state index in [9.17, 15) is 0 Å². The lowest BCUT2D eigenvalue weighted by molar-refractivity contribution is 0.0934. The largest absolute Gasteiger partial charge is 0.491 e. The van der Waals surface area contributed by atoms with E-state index in [2.05, 4.69) is 42.5 Å². The Morgan fingerprint density at radius 2 is 1.86 bits per heavy atom. The number of rotatable bonds is 7. The predicted octanol–water partition coefficient (Wildman–Crippen LogP) is 3.58. The maximum Gasteiger partial charge on any atom is 0.123 e. The molecule has 22 heavy (non-hydrogen) atoms. The lowest BCUT2D eigenvalue weighted by Crippen LogP contribution is -2.16. The number of imidazole rings is 1. The Bertz CT molecular complexity index is 585. The van der Waals surface area contributed by atoms with Crippen molar-refractivity contribution in [2.24, 2.45) is 0 Å². The molecule has 0 atom stereocenters. The minimum atomic E-state index is 0.0798. The topological polar surface area (TPSA) is 36.3 Å². The lowest BCUT2D eigenvalue weighted by atomic mass is 9.86. The first-order valence-corrected chi connectivity index (χ1v) is 7.76. The van der Waals surface area contributed by atoms with Crippen LogP contribution in [-0.4, -0.2) is 29.4 Å². The number of aryl methyl sites for hydroxylation is 1. The van der Waals surface area contributed by atoms with Gasteiger partial charge in [0.2, 0.25) is 0 Å². The molecule has 0 amide bonds. The van der Waals surface area contributed by atoms with Gasteiger partial charge in [-0.1, -0.05) is 39.0 Å². The van der Waals surface area contributed by atoms with E-state index in [4.69, 9.17) is 9.47 Å². The van der Waals surface area contributed by atoms with Gasteiger partial charge in [-0.05, 0) is 24.0 Å². The summed E-state index contributed by atoms with van der Waals surface area (Å²) in [7, 11) is 0. The van der Waals surface area contributed by atoms with Gasteiger partial charge in [0.05, 0.1) is 13.2 Å².